The van der Waals surface area contributed by atoms with E-state index in [1.54, 1.807) is 18.7 Å². The summed E-state index contributed by atoms with van der Waals surface area (Å²) in [6.07, 6.45) is 1.83. The number of hydrogen-bond donors (Lipinski definition) is 1. The van der Waals surface area contributed by atoms with Crippen LogP contribution >= 0.6 is 0 Å². The zero-order valence-electron chi connectivity index (χ0n) is 14.0. The molecule has 1 N–H and O–H groups in total. The van der Waals surface area contributed by atoms with Crippen LogP contribution in [0.3, 0.4) is 0 Å². The van der Waals surface area contributed by atoms with Gasteiger partial charge < -0.3 is 15.1 Å². The molecule has 2 rings (SSSR count). The zero-order chi connectivity index (χ0) is 17.7. The fourth-order valence-corrected chi connectivity index (χ4v) is 2.81. The van der Waals surface area contributed by atoms with E-state index in [1.165, 1.54) is 4.90 Å². The van der Waals surface area contributed by atoms with Crippen LogP contribution in [0.25, 0.3) is 0 Å². The van der Waals surface area contributed by atoms with Crippen LogP contribution in [0, 0.1) is 28.9 Å². The van der Waals surface area contributed by atoms with Crippen LogP contribution in [-0.4, -0.2) is 37.1 Å². The molecule has 0 spiro atoms. The van der Waals surface area contributed by atoms with Crippen molar-refractivity contribution in [2.75, 3.05) is 36.4 Å². The number of nitriles is 1. The summed E-state index contributed by atoms with van der Waals surface area (Å²) < 4.78 is 28.5. The Morgan fingerprint density at radius 1 is 1.38 bits per heavy atom. The third-order valence-electron chi connectivity index (χ3n) is 4.07. The summed E-state index contributed by atoms with van der Waals surface area (Å²) in [6.45, 7) is 5.41. The smallest absolute Gasteiger partial charge is 0.321 e. The van der Waals surface area contributed by atoms with Gasteiger partial charge in [0.15, 0.2) is 11.6 Å². The van der Waals surface area contributed by atoms with Crippen LogP contribution in [0.15, 0.2) is 12.1 Å². The lowest BCUT2D eigenvalue weighted by molar-refractivity contribution is 0.210. The summed E-state index contributed by atoms with van der Waals surface area (Å²) in [6, 6.07) is 3.85. The number of hydrogen-bond acceptors (Lipinski definition) is 3. The predicted molar refractivity (Wildman–Crippen MR) is 88.8 cm³/mol. The van der Waals surface area contributed by atoms with E-state index in [1.807, 2.05) is 0 Å². The Hall–Kier alpha value is -2.36. The molecule has 1 saturated heterocycles. The molecule has 5 nitrogen and oxygen atoms in total. The fraction of sp³-hybridized carbons (Fsp3) is 0.529. The van der Waals surface area contributed by atoms with Gasteiger partial charge in [-0.3, -0.25) is 0 Å². The molecule has 2 amide bonds. The van der Waals surface area contributed by atoms with Crippen molar-refractivity contribution in [2.24, 2.45) is 5.92 Å². The zero-order valence-corrected chi connectivity index (χ0v) is 14.0. The quantitative estimate of drug-likeness (QED) is 0.894. The van der Waals surface area contributed by atoms with Gasteiger partial charge in [0, 0.05) is 31.9 Å². The summed E-state index contributed by atoms with van der Waals surface area (Å²) >= 11 is 0. The van der Waals surface area contributed by atoms with E-state index in [-0.39, 0.29) is 23.8 Å². The van der Waals surface area contributed by atoms with Gasteiger partial charge in [-0.15, -0.1) is 0 Å². The van der Waals surface area contributed by atoms with Gasteiger partial charge in [-0.05, 0) is 38.8 Å². The molecule has 0 saturated carbocycles. The maximum atomic E-state index is 14.3. The molecule has 24 heavy (non-hydrogen) atoms. The maximum absolute atomic E-state index is 14.3. The van der Waals surface area contributed by atoms with Gasteiger partial charge >= 0.3 is 6.03 Å². The summed E-state index contributed by atoms with van der Waals surface area (Å²) in [5.74, 6) is -1.68. The second-order valence-electron chi connectivity index (χ2n) is 5.98. The third kappa shape index (κ3) is 4.13. The summed E-state index contributed by atoms with van der Waals surface area (Å²) in [4.78, 5) is 15.3. The minimum Gasteiger partial charge on any atom is -0.367 e. The molecule has 1 aliphatic rings. The number of nitrogens with zero attached hydrogens (tertiary/aromatic N) is 3. The molecule has 130 valence electrons. The highest BCUT2D eigenvalue weighted by atomic mass is 19.1. The Bertz CT molecular complexity index is 615. The highest BCUT2D eigenvalue weighted by Crippen LogP contribution is 2.29. The first-order valence-electron chi connectivity index (χ1n) is 8.15. The fourth-order valence-electron chi connectivity index (χ4n) is 2.81. The van der Waals surface area contributed by atoms with Gasteiger partial charge in [-0.2, -0.15) is 5.26 Å². The predicted octanol–water partition coefficient (Wildman–Crippen LogP) is 3.58. The van der Waals surface area contributed by atoms with E-state index in [4.69, 9.17) is 5.26 Å². The molecule has 0 radical (unpaired) electrons. The summed E-state index contributed by atoms with van der Waals surface area (Å²) in [5.41, 5.74) is 0.0388. The van der Waals surface area contributed by atoms with Crippen molar-refractivity contribution in [3.05, 3.63) is 23.8 Å². The lowest BCUT2D eigenvalue weighted by Gasteiger charge is -2.23. The lowest BCUT2D eigenvalue weighted by atomic mass is 10.2. The lowest BCUT2D eigenvalue weighted by Crippen LogP contribution is -2.37. The van der Waals surface area contributed by atoms with Gasteiger partial charge in [-0.25, -0.2) is 13.6 Å². The van der Waals surface area contributed by atoms with Crippen molar-refractivity contribution in [3.63, 3.8) is 0 Å². The molecule has 1 aliphatic heterocycles. The first kappa shape index (κ1) is 18.0. The second-order valence-corrected chi connectivity index (χ2v) is 5.98. The largest absolute Gasteiger partial charge is 0.367 e. The highest BCUT2D eigenvalue weighted by Gasteiger charge is 2.22. The second kappa shape index (κ2) is 7.95. The number of carbonyl (C=O) groups excluding carboxylic acids is 1. The van der Waals surface area contributed by atoms with Crippen LogP contribution in [0.5, 0.6) is 0 Å². The number of benzene rings is 1. The van der Waals surface area contributed by atoms with E-state index >= 15 is 0 Å². The number of anilines is 2. The minimum absolute atomic E-state index is 0.0315. The van der Waals surface area contributed by atoms with Crippen LogP contribution in [-0.2, 0) is 0 Å². The van der Waals surface area contributed by atoms with Crippen molar-refractivity contribution in [3.8, 4) is 6.07 Å². The van der Waals surface area contributed by atoms with Crippen LogP contribution in [0.1, 0.15) is 26.7 Å². The van der Waals surface area contributed by atoms with Crippen LogP contribution in [0.4, 0.5) is 25.0 Å². The summed E-state index contributed by atoms with van der Waals surface area (Å²) in [5, 5.41) is 11.3. The van der Waals surface area contributed by atoms with Gasteiger partial charge in [-0.1, -0.05) is 0 Å². The highest BCUT2D eigenvalue weighted by molar-refractivity contribution is 5.89. The SMILES string of the molecule is CCN(C[C@@H](C)C#N)C(=O)Nc1cc(F)c(N2CCCC2)c(F)c1. The number of rotatable bonds is 5. The Labute approximate surface area is 140 Å². The molecule has 1 fully saturated rings. The van der Waals surface area contributed by atoms with E-state index in [0.717, 1.165) is 25.0 Å². The molecular weight excluding hydrogens is 314 g/mol. The van der Waals surface area contributed by atoms with E-state index in [9.17, 15) is 13.6 Å². The number of halogens is 2. The van der Waals surface area contributed by atoms with Crippen molar-refractivity contribution < 1.29 is 13.6 Å². The normalized spacial score (nSPS) is 15.0. The summed E-state index contributed by atoms with van der Waals surface area (Å²) in [7, 11) is 0. The van der Waals surface area contributed by atoms with E-state index < -0.39 is 17.7 Å². The first-order chi connectivity index (χ1) is 11.5. The molecule has 0 unspecified atom stereocenters. The monoisotopic (exact) mass is 336 g/mol. The van der Waals surface area contributed by atoms with Crippen molar-refractivity contribution in [2.45, 2.75) is 26.7 Å². The average molecular weight is 336 g/mol. The average Bonchev–Trinajstić information content (AvgIpc) is 3.05. The van der Waals surface area contributed by atoms with Crippen LogP contribution in [0.2, 0.25) is 0 Å². The molecule has 1 heterocycles. The van der Waals surface area contributed by atoms with Crippen molar-refractivity contribution >= 4 is 17.4 Å². The first-order valence-corrected chi connectivity index (χ1v) is 8.15. The molecule has 7 heteroatoms. The minimum atomic E-state index is -0.680. The van der Waals surface area contributed by atoms with Gasteiger partial charge in [0.05, 0.1) is 12.0 Å². The van der Waals surface area contributed by atoms with Crippen molar-refractivity contribution in [1.29, 1.82) is 5.26 Å². The van der Waals surface area contributed by atoms with Gasteiger partial charge in [0.2, 0.25) is 0 Å². The number of urea groups is 1. The molecule has 1 aromatic rings. The van der Waals surface area contributed by atoms with Gasteiger partial charge in [0.25, 0.3) is 0 Å². The molecular formula is C17H22F2N4O. The number of carbonyl (C=O) groups is 1. The molecule has 0 aromatic heterocycles. The molecule has 1 atom stereocenters. The number of amides is 2. The maximum Gasteiger partial charge on any atom is 0.321 e. The third-order valence-corrected chi connectivity index (χ3v) is 4.07. The van der Waals surface area contributed by atoms with Gasteiger partial charge in [0.1, 0.15) is 5.69 Å². The van der Waals surface area contributed by atoms with Crippen molar-refractivity contribution in [1.82, 2.24) is 4.90 Å². The van der Waals surface area contributed by atoms with Crippen LogP contribution < -0.4 is 10.2 Å². The Kier molecular flexibility index (Phi) is 5.96. The standard InChI is InChI=1S/C17H22F2N4O/c1-3-22(11-12(2)10-20)17(24)21-13-8-14(18)16(15(19)9-13)23-6-4-5-7-23/h8-9,12H,3-7,11H2,1-2H3,(H,21,24)/t12-/m0/s1. The number of nitrogens with one attached hydrogen (secondary N) is 1. The van der Waals surface area contributed by atoms with E-state index in [2.05, 4.69) is 11.4 Å². The molecule has 1 aromatic carbocycles. The molecule has 0 bridgehead atoms. The Morgan fingerprint density at radius 3 is 2.46 bits per heavy atom. The molecule has 0 aliphatic carbocycles. The Morgan fingerprint density at radius 2 is 1.96 bits per heavy atom. The Balaban J connectivity index is 2.12. The topological polar surface area (TPSA) is 59.4 Å². The van der Waals surface area contributed by atoms with E-state index in [0.29, 0.717) is 19.6 Å².